The Balaban J connectivity index is 1.78. The molecular formula is C23H30ClN8O4-. The minimum atomic E-state index is -0.905. The Morgan fingerprint density at radius 3 is 2.69 bits per heavy atom. The quantitative estimate of drug-likeness (QED) is 0.293. The van der Waals surface area contributed by atoms with Crippen molar-refractivity contribution in [3.8, 4) is 0 Å². The smallest absolute Gasteiger partial charge is 0.271 e. The van der Waals surface area contributed by atoms with Crippen LogP contribution in [0.1, 0.15) is 64.5 Å². The number of halogens is 1. The molecule has 36 heavy (non-hydrogen) atoms. The summed E-state index contributed by atoms with van der Waals surface area (Å²) < 4.78 is 1.50. The van der Waals surface area contributed by atoms with Crippen LogP contribution in [0.25, 0.3) is 0 Å². The first-order valence-corrected chi connectivity index (χ1v) is 12.2. The first kappa shape index (κ1) is 27.1. The van der Waals surface area contributed by atoms with E-state index in [0.717, 1.165) is 25.7 Å². The highest BCUT2D eigenvalue weighted by Crippen LogP contribution is 2.31. The molecule has 0 bridgehead atoms. The molecule has 0 radical (unpaired) electrons. The Bertz CT molecular complexity index is 1200. The highest BCUT2D eigenvalue weighted by atomic mass is 35.5. The number of hydrogen-bond acceptors (Lipinski definition) is 8. The maximum absolute atomic E-state index is 13.3. The summed E-state index contributed by atoms with van der Waals surface area (Å²) in [4.78, 5) is 38.1. The normalized spacial score (nSPS) is 19.8. The SMILES string of the molecule is CC/C(=N/[O-])C(=N)C(=O)N[C@H](C(=O)Nc1cnn(C(C)c2cc(Cl)n[nH]c2=O)c1)C1CCC(C)CC1. The van der Waals surface area contributed by atoms with E-state index in [2.05, 4.69) is 38.0 Å². The second-order valence-electron chi connectivity index (χ2n) is 9.09. The van der Waals surface area contributed by atoms with Crippen LogP contribution in [0, 0.1) is 22.5 Å². The fourth-order valence-corrected chi connectivity index (χ4v) is 4.49. The molecular weight excluding hydrogens is 488 g/mol. The number of hydrogen-bond donors (Lipinski definition) is 4. The molecule has 2 amide bonds. The third-order valence-electron chi connectivity index (χ3n) is 6.58. The zero-order valence-electron chi connectivity index (χ0n) is 20.4. The first-order chi connectivity index (χ1) is 17.1. The number of amides is 2. The fraction of sp³-hybridized carbons (Fsp3) is 0.522. The highest BCUT2D eigenvalue weighted by molar-refractivity contribution is 6.66. The van der Waals surface area contributed by atoms with E-state index in [9.17, 15) is 19.6 Å². The summed E-state index contributed by atoms with van der Waals surface area (Å²) in [5.41, 5.74) is -0.402. The van der Waals surface area contributed by atoms with Crippen LogP contribution in [0.4, 0.5) is 5.69 Å². The summed E-state index contributed by atoms with van der Waals surface area (Å²) in [7, 11) is 0. The van der Waals surface area contributed by atoms with Crippen LogP contribution in [0.5, 0.6) is 0 Å². The van der Waals surface area contributed by atoms with Crippen molar-refractivity contribution in [1.29, 1.82) is 5.41 Å². The minimum Gasteiger partial charge on any atom is -0.792 e. The largest absolute Gasteiger partial charge is 0.792 e. The maximum Gasteiger partial charge on any atom is 0.271 e. The van der Waals surface area contributed by atoms with E-state index < -0.39 is 35.2 Å². The molecule has 2 aromatic rings. The van der Waals surface area contributed by atoms with Gasteiger partial charge >= 0.3 is 0 Å². The highest BCUT2D eigenvalue weighted by Gasteiger charge is 2.34. The number of nitrogens with one attached hydrogen (secondary N) is 4. The third kappa shape index (κ3) is 6.36. The van der Waals surface area contributed by atoms with Gasteiger partial charge < -0.3 is 21.0 Å². The van der Waals surface area contributed by atoms with Crippen molar-refractivity contribution in [3.05, 3.63) is 44.7 Å². The number of aromatic amines is 1. The summed E-state index contributed by atoms with van der Waals surface area (Å²) in [6, 6.07) is 0.0537. The predicted octanol–water partition coefficient (Wildman–Crippen LogP) is 2.85. The third-order valence-corrected chi connectivity index (χ3v) is 6.77. The molecule has 4 N–H and O–H groups in total. The van der Waals surface area contributed by atoms with Crippen LogP contribution >= 0.6 is 11.6 Å². The lowest BCUT2D eigenvalue weighted by Crippen LogP contribution is -2.52. The fourth-order valence-electron chi connectivity index (χ4n) is 4.33. The van der Waals surface area contributed by atoms with E-state index in [1.165, 1.54) is 16.9 Å². The van der Waals surface area contributed by atoms with Crippen molar-refractivity contribution in [2.24, 2.45) is 17.0 Å². The number of H-pyrrole nitrogens is 1. The topological polar surface area (TPSA) is 181 Å². The Hall–Kier alpha value is -3.54. The molecule has 1 aliphatic rings. The molecule has 1 unspecified atom stereocenters. The van der Waals surface area contributed by atoms with Crippen LogP contribution in [0.2, 0.25) is 5.15 Å². The maximum atomic E-state index is 13.3. The predicted molar refractivity (Wildman–Crippen MR) is 136 cm³/mol. The van der Waals surface area contributed by atoms with Gasteiger partial charge in [0.25, 0.3) is 11.5 Å². The van der Waals surface area contributed by atoms with Crippen LogP contribution < -0.4 is 16.2 Å². The molecule has 2 heterocycles. The van der Waals surface area contributed by atoms with Crippen molar-refractivity contribution in [3.63, 3.8) is 0 Å². The number of aromatic nitrogens is 4. The second kappa shape index (κ2) is 11.9. The lowest BCUT2D eigenvalue weighted by molar-refractivity contribution is -0.124. The molecule has 194 valence electrons. The van der Waals surface area contributed by atoms with E-state index in [1.54, 1.807) is 20.0 Å². The van der Waals surface area contributed by atoms with E-state index >= 15 is 0 Å². The monoisotopic (exact) mass is 517 g/mol. The van der Waals surface area contributed by atoms with Gasteiger partial charge in [0, 0.05) is 11.8 Å². The molecule has 3 rings (SSSR count). The van der Waals surface area contributed by atoms with Crippen LogP contribution in [-0.4, -0.2) is 49.3 Å². The first-order valence-electron chi connectivity index (χ1n) is 11.8. The number of carbonyl (C=O) groups is 2. The molecule has 0 aliphatic heterocycles. The van der Waals surface area contributed by atoms with E-state index in [1.807, 2.05) is 0 Å². The average molecular weight is 518 g/mol. The van der Waals surface area contributed by atoms with Gasteiger partial charge in [-0.1, -0.05) is 38.3 Å². The van der Waals surface area contributed by atoms with Gasteiger partial charge in [-0.2, -0.15) is 10.2 Å². The summed E-state index contributed by atoms with van der Waals surface area (Å²) in [6.07, 6.45) is 6.46. The molecule has 0 aromatic carbocycles. The van der Waals surface area contributed by atoms with Crippen LogP contribution in [0.3, 0.4) is 0 Å². The second-order valence-corrected chi connectivity index (χ2v) is 9.47. The van der Waals surface area contributed by atoms with Gasteiger partial charge in [0.15, 0.2) is 0 Å². The van der Waals surface area contributed by atoms with Gasteiger partial charge in [-0.15, -0.1) is 0 Å². The van der Waals surface area contributed by atoms with E-state index in [0.29, 0.717) is 17.2 Å². The summed E-state index contributed by atoms with van der Waals surface area (Å²) >= 11 is 5.90. The van der Waals surface area contributed by atoms with Gasteiger partial charge in [-0.05, 0) is 44.1 Å². The molecule has 13 heteroatoms. The Kier molecular flexibility index (Phi) is 8.97. The molecule has 2 aromatic heterocycles. The van der Waals surface area contributed by atoms with Gasteiger partial charge in [-0.25, -0.2) is 5.10 Å². The Morgan fingerprint density at radius 2 is 2.06 bits per heavy atom. The molecule has 0 spiro atoms. The molecule has 0 saturated heterocycles. The van der Waals surface area contributed by atoms with Crippen molar-refractivity contribution in [1.82, 2.24) is 25.3 Å². The van der Waals surface area contributed by atoms with Crippen LogP contribution in [-0.2, 0) is 9.59 Å². The lowest BCUT2D eigenvalue weighted by Gasteiger charge is -2.32. The van der Waals surface area contributed by atoms with Gasteiger partial charge in [0.2, 0.25) is 5.91 Å². The summed E-state index contributed by atoms with van der Waals surface area (Å²) in [6.45, 7) is 5.52. The Morgan fingerprint density at radius 1 is 1.36 bits per heavy atom. The van der Waals surface area contributed by atoms with Crippen molar-refractivity contribution in [2.45, 2.75) is 65.0 Å². The van der Waals surface area contributed by atoms with Crippen molar-refractivity contribution < 1.29 is 9.59 Å². The number of carbonyl (C=O) groups excluding carboxylic acids is 2. The average Bonchev–Trinajstić information content (AvgIpc) is 3.33. The van der Waals surface area contributed by atoms with Gasteiger partial charge in [-0.3, -0.25) is 24.5 Å². The molecule has 1 saturated carbocycles. The van der Waals surface area contributed by atoms with E-state index in [4.69, 9.17) is 17.0 Å². The summed E-state index contributed by atoms with van der Waals surface area (Å²) in [5, 5.41) is 37.5. The summed E-state index contributed by atoms with van der Waals surface area (Å²) in [5.74, 6) is -0.866. The number of rotatable bonds is 9. The van der Waals surface area contributed by atoms with Crippen LogP contribution in [0.15, 0.2) is 28.4 Å². The lowest BCUT2D eigenvalue weighted by atomic mass is 9.79. The molecule has 1 fully saturated rings. The van der Waals surface area contributed by atoms with Gasteiger partial charge in [0.1, 0.15) is 16.9 Å². The minimum absolute atomic E-state index is 0.126. The van der Waals surface area contributed by atoms with Gasteiger partial charge in [0.05, 0.1) is 23.6 Å². The van der Waals surface area contributed by atoms with E-state index in [-0.39, 0.29) is 23.2 Å². The zero-order valence-corrected chi connectivity index (χ0v) is 21.1. The number of nitrogens with zero attached hydrogens (tertiary/aromatic N) is 4. The Labute approximate surface area is 213 Å². The zero-order chi connectivity index (χ0) is 26.4. The standard InChI is InChI=1S/C23H31ClN8O4/c1-4-17(31-36)19(25)22(34)28-20(14-7-5-12(2)6-8-14)23(35)27-15-10-26-32(11-15)13(3)16-9-18(24)29-30-21(16)33/h9-14,20,25,36H,4-8H2,1-3H3,(H,27,35)(H,28,34)(H,30,33)/p-1/b25-19?,31-17-/t12?,13?,14?,20-/m0/s1. The molecule has 2 atom stereocenters. The molecule has 1 aliphatic carbocycles. The van der Waals surface area contributed by atoms with Crippen molar-refractivity contribution in [2.75, 3.05) is 5.32 Å². The molecule has 12 nitrogen and oxygen atoms in total. The van der Waals surface area contributed by atoms with Crippen molar-refractivity contribution >= 4 is 40.5 Å². The number of anilines is 1.